The summed E-state index contributed by atoms with van der Waals surface area (Å²) in [5.41, 5.74) is 2.24. The molecule has 2 aromatic carbocycles. The second kappa shape index (κ2) is 9.24. The molecule has 0 aliphatic carbocycles. The fourth-order valence-corrected chi connectivity index (χ4v) is 4.28. The number of methoxy groups -OCH3 is 1. The normalized spacial score (nSPS) is 15.3. The molecule has 3 aromatic rings. The molecule has 29 heavy (non-hydrogen) atoms. The van der Waals surface area contributed by atoms with Gasteiger partial charge in [0.1, 0.15) is 11.9 Å². The number of ether oxygens (including phenoxy) is 3. The van der Waals surface area contributed by atoms with Crippen molar-refractivity contribution in [2.75, 3.05) is 26.7 Å². The van der Waals surface area contributed by atoms with E-state index in [1.807, 2.05) is 36.4 Å². The fourth-order valence-electron chi connectivity index (χ4n) is 3.44. The van der Waals surface area contributed by atoms with Gasteiger partial charge in [-0.05, 0) is 49.1 Å². The summed E-state index contributed by atoms with van der Waals surface area (Å²) in [7, 11) is 1.34. The molecule has 0 bridgehead atoms. The number of likely N-dealkylation sites (tertiary alicyclic amines) is 1. The van der Waals surface area contributed by atoms with Crippen molar-refractivity contribution in [3.63, 3.8) is 0 Å². The Hall–Kier alpha value is -2.64. The average Bonchev–Trinajstić information content (AvgIpc) is 3.16. The van der Waals surface area contributed by atoms with Crippen molar-refractivity contribution in [3.8, 4) is 10.9 Å². The minimum atomic E-state index is -0.586. The van der Waals surface area contributed by atoms with Crippen molar-refractivity contribution in [2.45, 2.75) is 25.4 Å². The number of rotatable bonds is 6. The Morgan fingerprint density at radius 1 is 1.14 bits per heavy atom. The Kier molecular flexibility index (Phi) is 6.27. The molecule has 2 heterocycles. The van der Waals surface area contributed by atoms with E-state index in [1.54, 1.807) is 11.3 Å². The van der Waals surface area contributed by atoms with Gasteiger partial charge in [0.15, 0.2) is 0 Å². The summed E-state index contributed by atoms with van der Waals surface area (Å²) in [6.45, 7) is 2.85. The lowest BCUT2D eigenvalue weighted by Gasteiger charge is -2.31. The van der Waals surface area contributed by atoms with E-state index in [-0.39, 0.29) is 6.10 Å². The van der Waals surface area contributed by atoms with Crippen LogP contribution in [0, 0.1) is 0 Å². The van der Waals surface area contributed by atoms with Gasteiger partial charge in [-0.1, -0.05) is 35.6 Å². The molecule has 0 spiro atoms. The van der Waals surface area contributed by atoms with E-state index in [9.17, 15) is 4.79 Å². The molecule has 1 aromatic heterocycles. The second-order valence-electron chi connectivity index (χ2n) is 7.06. The minimum Gasteiger partial charge on any atom is -0.438 e. The first-order valence-corrected chi connectivity index (χ1v) is 10.6. The molecule has 0 amide bonds. The van der Waals surface area contributed by atoms with Gasteiger partial charge >= 0.3 is 6.16 Å². The lowest BCUT2D eigenvalue weighted by atomic mass is 10.1. The van der Waals surface area contributed by atoms with E-state index >= 15 is 0 Å². The van der Waals surface area contributed by atoms with Gasteiger partial charge in [-0.15, -0.1) is 0 Å². The summed E-state index contributed by atoms with van der Waals surface area (Å²) in [4.78, 5) is 18.1. The van der Waals surface area contributed by atoms with E-state index in [1.165, 1.54) is 12.7 Å². The highest BCUT2D eigenvalue weighted by atomic mass is 32.1. The number of thiazole rings is 1. The van der Waals surface area contributed by atoms with Crippen LogP contribution < -0.4 is 4.74 Å². The van der Waals surface area contributed by atoms with Crippen molar-refractivity contribution >= 4 is 27.7 Å². The maximum absolute atomic E-state index is 11.2. The lowest BCUT2D eigenvalue weighted by molar-refractivity contribution is 0.00981. The van der Waals surface area contributed by atoms with Crippen LogP contribution in [0.2, 0.25) is 0 Å². The van der Waals surface area contributed by atoms with Crippen molar-refractivity contribution < 1.29 is 19.0 Å². The first-order chi connectivity index (χ1) is 14.2. The second-order valence-corrected chi connectivity index (χ2v) is 8.05. The standard InChI is InChI=1S/C22H24N2O4S/c1-26-22(25)28-18-11-14-24(15-12-18)13-10-16-6-8-17(9-7-16)27-21-23-19-4-2-3-5-20(19)29-21/h2-9,18H,10-15H2,1H3. The van der Waals surface area contributed by atoms with Gasteiger partial charge in [0.25, 0.3) is 5.19 Å². The molecule has 152 valence electrons. The summed E-state index contributed by atoms with van der Waals surface area (Å²) in [5, 5.41) is 0.663. The molecule has 7 heteroatoms. The summed E-state index contributed by atoms with van der Waals surface area (Å²) >= 11 is 1.55. The maximum Gasteiger partial charge on any atom is 0.508 e. The molecule has 1 fully saturated rings. The highest BCUT2D eigenvalue weighted by Crippen LogP contribution is 2.31. The fraction of sp³-hybridized carbons (Fsp3) is 0.364. The molecule has 1 aliphatic rings. The molecule has 1 aliphatic heterocycles. The van der Waals surface area contributed by atoms with Crippen molar-refractivity contribution in [3.05, 3.63) is 54.1 Å². The van der Waals surface area contributed by atoms with Crippen molar-refractivity contribution in [1.82, 2.24) is 9.88 Å². The summed E-state index contributed by atoms with van der Waals surface area (Å²) < 4.78 is 16.8. The highest BCUT2D eigenvalue weighted by Gasteiger charge is 2.22. The SMILES string of the molecule is COC(=O)OC1CCN(CCc2ccc(Oc3nc4ccccc4s3)cc2)CC1. The predicted octanol–water partition coefficient (Wildman–Crippen LogP) is 4.88. The summed E-state index contributed by atoms with van der Waals surface area (Å²) in [5.74, 6) is 0.800. The minimum absolute atomic E-state index is 0.0300. The number of carbonyl (C=O) groups is 1. The number of para-hydroxylation sites is 1. The third-order valence-electron chi connectivity index (χ3n) is 5.08. The molecular weight excluding hydrogens is 388 g/mol. The number of piperidine rings is 1. The number of aromatic nitrogens is 1. The van der Waals surface area contributed by atoms with E-state index in [0.29, 0.717) is 5.19 Å². The molecule has 1 saturated heterocycles. The van der Waals surface area contributed by atoms with Gasteiger partial charge in [-0.3, -0.25) is 0 Å². The van der Waals surface area contributed by atoms with Gasteiger partial charge in [-0.2, -0.15) is 0 Å². The third kappa shape index (κ3) is 5.25. The first kappa shape index (κ1) is 19.7. The largest absolute Gasteiger partial charge is 0.508 e. The molecule has 0 atom stereocenters. The molecule has 0 N–H and O–H groups in total. The first-order valence-electron chi connectivity index (χ1n) is 9.79. The monoisotopic (exact) mass is 412 g/mol. The van der Waals surface area contributed by atoms with Gasteiger partial charge in [0.05, 0.1) is 17.3 Å². The quantitative estimate of drug-likeness (QED) is 0.538. The number of hydrogen-bond acceptors (Lipinski definition) is 7. The van der Waals surface area contributed by atoms with Crippen LogP contribution in [-0.4, -0.2) is 48.9 Å². The number of fused-ring (bicyclic) bond motifs is 1. The van der Waals surface area contributed by atoms with Gasteiger partial charge in [0, 0.05) is 19.6 Å². The van der Waals surface area contributed by atoms with E-state index in [4.69, 9.17) is 9.47 Å². The van der Waals surface area contributed by atoms with E-state index < -0.39 is 6.16 Å². The Bertz CT molecular complexity index is 916. The number of nitrogens with zero attached hydrogens (tertiary/aromatic N) is 2. The van der Waals surface area contributed by atoms with Crippen LogP contribution in [-0.2, 0) is 15.9 Å². The predicted molar refractivity (Wildman–Crippen MR) is 113 cm³/mol. The zero-order chi connectivity index (χ0) is 20.1. The van der Waals surface area contributed by atoms with Gasteiger partial charge < -0.3 is 19.1 Å². The van der Waals surface area contributed by atoms with Crippen LogP contribution in [0.25, 0.3) is 10.2 Å². The van der Waals surface area contributed by atoms with Gasteiger partial charge in [-0.25, -0.2) is 9.78 Å². The zero-order valence-electron chi connectivity index (χ0n) is 16.4. The number of benzene rings is 2. The molecule has 0 unspecified atom stereocenters. The Labute approximate surface area is 174 Å². The molecule has 6 nitrogen and oxygen atoms in total. The molecule has 0 saturated carbocycles. The Balaban J connectivity index is 1.24. The molecular formula is C22H24N2O4S. The number of hydrogen-bond donors (Lipinski definition) is 0. The van der Waals surface area contributed by atoms with Crippen LogP contribution in [0.5, 0.6) is 10.9 Å². The lowest BCUT2D eigenvalue weighted by Crippen LogP contribution is -2.38. The topological polar surface area (TPSA) is 60.9 Å². The third-order valence-corrected chi connectivity index (χ3v) is 6.00. The van der Waals surface area contributed by atoms with Crippen LogP contribution in [0.4, 0.5) is 4.79 Å². The van der Waals surface area contributed by atoms with Crippen molar-refractivity contribution in [2.24, 2.45) is 0 Å². The number of carbonyl (C=O) groups excluding carboxylic acids is 1. The maximum atomic E-state index is 11.2. The molecule has 0 radical (unpaired) electrons. The van der Waals surface area contributed by atoms with E-state index in [2.05, 4.69) is 26.8 Å². The Morgan fingerprint density at radius 2 is 1.90 bits per heavy atom. The van der Waals surface area contributed by atoms with Gasteiger partial charge in [0.2, 0.25) is 0 Å². The zero-order valence-corrected chi connectivity index (χ0v) is 17.2. The molecule has 4 rings (SSSR count). The Morgan fingerprint density at radius 3 is 2.62 bits per heavy atom. The van der Waals surface area contributed by atoms with Crippen LogP contribution in [0.15, 0.2) is 48.5 Å². The van der Waals surface area contributed by atoms with Crippen LogP contribution in [0.1, 0.15) is 18.4 Å². The van der Waals surface area contributed by atoms with E-state index in [0.717, 1.165) is 54.9 Å². The highest BCUT2D eigenvalue weighted by molar-refractivity contribution is 7.20. The van der Waals surface area contributed by atoms with Crippen LogP contribution >= 0.6 is 11.3 Å². The smallest absolute Gasteiger partial charge is 0.438 e. The summed E-state index contributed by atoms with van der Waals surface area (Å²) in [6, 6.07) is 16.2. The average molecular weight is 413 g/mol. The van der Waals surface area contributed by atoms with Crippen LogP contribution in [0.3, 0.4) is 0 Å². The van der Waals surface area contributed by atoms with Crippen molar-refractivity contribution in [1.29, 1.82) is 0 Å². The summed E-state index contributed by atoms with van der Waals surface area (Å²) in [6.07, 6.45) is 2.06.